The van der Waals surface area contributed by atoms with Gasteiger partial charge < -0.3 is 0 Å². The van der Waals surface area contributed by atoms with Gasteiger partial charge in [-0.25, -0.2) is 8.42 Å². The van der Waals surface area contributed by atoms with E-state index in [-0.39, 0.29) is 16.6 Å². The van der Waals surface area contributed by atoms with E-state index in [1.165, 1.54) is 23.5 Å². The molecule has 0 aliphatic carbocycles. The van der Waals surface area contributed by atoms with Gasteiger partial charge in [0.2, 0.25) is 10.0 Å². The van der Waals surface area contributed by atoms with Crippen LogP contribution in [0.5, 0.6) is 0 Å². The minimum Gasteiger partial charge on any atom is -0.258 e. The van der Waals surface area contributed by atoms with E-state index in [0.717, 1.165) is 0 Å². The van der Waals surface area contributed by atoms with E-state index >= 15 is 0 Å². The van der Waals surface area contributed by atoms with Crippen LogP contribution >= 0.6 is 0 Å². The van der Waals surface area contributed by atoms with Crippen LogP contribution in [0.2, 0.25) is 0 Å². The van der Waals surface area contributed by atoms with E-state index in [1.54, 1.807) is 13.0 Å². The largest absolute Gasteiger partial charge is 0.289 e. The predicted molar refractivity (Wildman–Crippen MR) is 81.7 cm³/mol. The Morgan fingerprint density at radius 2 is 1.86 bits per heavy atom. The van der Waals surface area contributed by atoms with Gasteiger partial charge in [0.05, 0.1) is 4.92 Å². The molecule has 0 N–H and O–H groups in total. The highest BCUT2D eigenvalue weighted by molar-refractivity contribution is 7.89. The van der Waals surface area contributed by atoms with Gasteiger partial charge in [0, 0.05) is 19.2 Å². The van der Waals surface area contributed by atoms with Crippen LogP contribution in [-0.4, -0.2) is 30.7 Å². The number of sulfonamides is 1. The third-order valence-electron chi connectivity index (χ3n) is 3.46. The highest BCUT2D eigenvalue weighted by atomic mass is 32.2. The van der Waals surface area contributed by atoms with Crippen LogP contribution in [0.3, 0.4) is 0 Å². The van der Waals surface area contributed by atoms with Crippen LogP contribution in [-0.2, 0) is 10.0 Å². The van der Waals surface area contributed by atoms with Crippen molar-refractivity contribution in [3.05, 3.63) is 33.9 Å². The smallest absolute Gasteiger partial charge is 0.258 e. The molecule has 0 unspecified atom stereocenters. The molecule has 0 bridgehead atoms. The van der Waals surface area contributed by atoms with Crippen LogP contribution in [0.1, 0.15) is 32.8 Å². The molecule has 0 aliphatic heterocycles. The van der Waals surface area contributed by atoms with E-state index in [2.05, 4.69) is 0 Å². The molecule has 0 spiro atoms. The van der Waals surface area contributed by atoms with Crippen molar-refractivity contribution in [1.82, 2.24) is 4.31 Å². The average molecular weight is 314 g/mol. The van der Waals surface area contributed by atoms with E-state index in [1.807, 2.05) is 20.8 Å². The van der Waals surface area contributed by atoms with Crippen molar-refractivity contribution in [3.8, 4) is 0 Å². The maximum Gasteiger partial charge on any atom is 0.289 e. The molecule has 0 heterocycles. The molecule has 0 fully saturated rings. The van der Waals surface area contributed by atoms with Crippen LogP contribution in [0.25, 0.3) is 0 Å². The van der Waals surface area contributed by atoms with Gasteiger partial charge in [-0.3, -0.25) is 10.1 Å². The lowest BCUT2D eigenvalue weighted by Gasteiger charge is -2.26. The molecule has 118 valence electrons. The zero-order chi connectivity index (χ0) is 16.4. The SMILES string of the molecule is Cc1cccc([N+](=O)[O-])c1S(=O)(=O)N(C)[C@@H](C)CC(C)C. The van der Waals surface area contributed by atoms with Gasteiger partial charge in [-0.1, -0.05) is 26.0 Å². The van der Waals surface area contributed by atoms with Gasteiger partial charge in [-0.15, -0.1) is 0 Å². The molecule has 0 aromatic heterocycles. The van der Waals surface area contributed by atoms with Gasteiger partial charge in [-0.05, 0) is 31.7 Å². The minimum atomic E-state index is -3.90. The van der Waals surface area contributed by atoms with Gasteiger partial charge in [-0.2, -0.15) is 4.31 Å². The topological polar surface area (TPSA) is 80.5 Å². The van der Waals surface area contributed by atoms with E-state index in [4.69, 9.17) is 0 Å². The third-order valence-corrected chi connectivity index (χ3v) is 5.62. The fraction of sp³-hybridized carbons (Fsp3) is 0.571. The van der Waals surface area contributed by atoms with Crippen molar-refractivity contribution in [1.29, 1.82) is 0 Å². The average Bonchev–Trinajstić information content (AvgIpc) is 2.36. The van der Waals surface area contributed by atoms with Gasteiger partial charge in [0.15, 0.2) is 4.90 Å². The molecule has 21 heavy (non-hydrogen) atoms. The number of benzene rings is 1. The number of rotatable bonds is 6. The first kappa shape index (κ1) is 17.6. The van der Waals surface area contributed by atoms with Crippen LogP contribution < -0.4 is 0 Å². The lowest BCUT2D eigenvalue weighted by Crippen LogP contribution is -2.36. The Hall–Kier alpha value is -1.47. The Kier molecular flexibility index (Phi) is 5.47. The summed E-state index contributed by atoms with van der Waals surface area (Å²) in [6.45, 7) is 7.39. The number of nitro groups is 1. The second-order valence-corrected chi connectivity index (χ2v) is 7.61. The molecule has 0 radical (unpaired) electrons. The molecule has 1 aromatic rings. The summed E-state index contributed by atoms with van der Waals surface area (Å²) in [5.74, 6) is 0.338. The summed E-state index contributed by atoms with van der Waals surface area (Å²) in [7, 11) is -2.43. The Morgan fingerprint density at radius 1 is 1.29 bits per heavy atom. The van der Waals surface area contributed by atoms with Crippen molar-refractivity contribution in [2.75, 3.05) is 7.05 Å². The molecule has 1 aromatic carbocycles. The molecule has 7 heteroatoms. The molecule has 0 amide bonds. The van der Waals surface area contributed by atoms with Gasteiger partial charge in [0.25, 0.3) is 5.69 Å². The quantitative estimate of drug-likeness (QED) is 0.597. The molecule has 0 aliphatic rings. The highest BCUT2D eigenvalue weighted by Crippen LogP contribution is 2.30. The predicted octanol–water partition coefficient (Wildman–Crippen LogP) is 2.96. The van der Waals surface area contributed by atoms with Crippen molar-refractivity contribution in [2.45, 2.75) is 45.1 Å². The maximum atomic E-state index is 12.7. The van der Waals surface area contributed by atoms with Crippen molar-refractivity contribution < 1.29 is 13.3 Å². The molecule has 1 rings (SSSR count). The molecule has 0 saturated carbocycles. The number of nitro benzene ring substituents is 1. The lowest BCUT2D eigenvalue weighted by molar-refractivity contribution is -0.387. The zero-order valence-corrected chi connectivity index (χ0v) is 13.8. The lowest BCUT2D eigenvalue weighted by atomic mass is 10.1. The fourth-order valence-electron chi connectivity index (χ4n) is 2.33. The molecule has 1 atom stereocenters. The van der Waals surface area contributed by atoms with Crippen molar-refractivity contribution in [2.24, 2.45) is 5.92 Å². The molecular formula is C14H22N2O4S. The van der Waals surface area contributed by atoms with Crippen molar-refractivity contribution in [3.63, 3.8) is 0 Å². The zero-order valence-electron chi connectivity index (χ0n) is 13.0. The number of nitrogens with zero attached hydrogens (tertiary/aromatic N) is 2. The third kappa shape index (κ3) is 3.79. The first-order chi connectivity index (χ1) is 9.59. The first-order valence-electron chi connectivity index (χ1n) is 6.81. The summed E-state index contributed by atoms with van der Waals surface area (Å²) in [6, 6.07) is 4.06. The monoisotopic (exact) mass is 314 g/mol. The van der Waals surface area contributed by atoms with E-state index in [9.17, 15) is 18.5 Å². The number of hydrogen-bond acceptors (Lipinski definition) is 4. The second-order valence-electron chi connectivity index (χ2n) is 5.68. The number of hydrogen-bond donors (Lipinski definition) is 0. The Bertz CT molecular complexity index is 626. The minimum absolute atomic E-state index is 0.215. The summed E-state index contributed by atoms with van der Waals surface area (Å²) in [4.78, 5) is 10.2. The summed E-state index contributed by atoms with van der Waals surface area (Å²) >= 11 is 0. The second kappa shape index (κ2) is 6.53. The van der Waals surface area contributed by atoms with Gasteiger partial charge >= 0.3 is 0 Å². The summed E-state index contributed by atoms with van der Waals surface area (Å²) in [5.41, 5.74) is 0.00592. The van der Waals surface area contributed by atoms with Crippen LogP contribution in [0, 0.1) is 23.0 Å². The Labute approximate surface area is 126 Å². The van der Waals surface area contributed by atoms with E-state index < -0.39 is 14.9 Å². The van der Waals surface area contributed by atoms with Crippen molar-refractivity contribution >= 4 is 15.7 Å². The Morgan fingerprint density at radius 3 is 2.33 bits per heavy atom. The normalized spacial score (nSPS) is 13.7. The summed E-state index contributed by atoms with van der Waals surface area (Å²) in [5, 5.41) is 11.1. The molecular weight excluding hydrogens is 292 g/mol. The molecule has 0 saturated heterocycles. The standard InChI is InChI=1S/C14H22N2O4S/c1-10(2)9-12(4)15(5)21(19,20)14-11(3)7-6-8-13(14)16(17)18/h6-8,10,12H,9H2,1-5H3/t12-/m0/s1. The van der Waals surface area contributed by atoms with Crippen LogP contribution in [0.15, 0.2) is 23.1 Å². The van der Waals surface area contributed by atoms with Crippen LogP contribution in [0.4, 0.5) is 5.69 Å². The highest BCUT2D eigenvalue weighted by Gasteiger charge is 2.33. The fourth-order valence-corrected chi connectivity index (χ4v) is 4.06. The maximum absolute atomic E-state index is 12.7. The number of aryl methyl sites for hydroxylation is 1. The first-order valence-corrected chi connectivity index (χ1v) is 8.25. The molecule has 6 nitrogen and oxygen atoms in total. The Balaban J connectivity index is 3.35. The summed E-state index contributed by atoms with van der Waals surface area (Å²) in [6.07, 6.45) is 0.690. The van der Waals surface area contributed by atoms with E-state index in [0.29, 0.717) is 17.9 Å². The van der Waals surface area contributed by atoms with Gasteiger partial charge in [0.1, 0.15) is 0 Å². The summed E-state index contributed by atoms with van der Waals surface area (Å²) < 4.78 is 26.7.